The lowest BCUT2D eigenvalue weighted by Gasteiger charge is -2.16. The molecule has 0 spiro atoms. The summed E-state index contributed by atoms with van der Waals surface area (Å²) in [5.41, 5.74) is -0.432. The number of nitrogens with one attached hydrogen (secondary N) is 1. The molecule has 1 aliphatic carbocycles. The first-order valence-corrected chi connectivity index (χ1v) is 5.96. The molecule has 5 heteroatoms. The van der Waals surface area contributed by atoms with Crippen molar-refractivity contribution in [3.63, 3.8) is 0 Å². The van der Waals surface area contributed by atoms with Crippen molar-refractivity contribution in [1.82, 2.24) is 5.32 Å². The number of ether oxygens (including phenoxy) is 1. The SMILES string of the molecule is COc1cccc(CNCC2CC2)c1C(F)(F)F. The van der Waals surface area contributed by atoms with Crippen LogP contribution in [0.25, 0.3) is 0 Å². The number of benzene rings is 1. The molecule has 0 heterocycles. The van der Waals surface area contributed by atoms with Crippen molar-refractivity contribution in [2.45, 2.75) is 25.6 Å². The van der Waals surface area contributed by atoms with Gasteiger partial charge in [0.25, 0.3) is 0 Å². The lowest BCUT2D eigenvalue weighted by molar-refractivity contribution is -0.139. The van der Waals surface area contributed by atoms with Gasteiger partial charge in [0, 0.05) is 6.54 Å². The summed E-state index contributed by atoms with van der Waals surface area (Å²) in [6, 6.07) is 4.42. The number of methoxy groups -OCH3 is 1. The Hall–Kier alpha value is -1.23. The van der Waals surface area contributed by atoms with E-state index in [-0.39, 0.29) is 17.9 Å². The lowest BCUT2D eigenvalue weighted by atomic mass is 10.1. The van der Waals surface area contributed by atoms with Crippen LogP contribution in [0.4, 0.5) is 13.2 Å². The fraction of sp³-hybridized carbons (Fsp3) is 0.538. The van der Waals surface area contributed by atoms with Crippen molar-refractivity contribution >= 4 is 0 Å². The van der Waals surface area contributed by atoms with Gasteiger partial charge in [-0.05, 0) is 36.9 Å². The van der Waals surface area contributed by atoms with Crippen molar-refractivity contribution in [3.05, 3.63) is 29.3 Å². The monoisotopic (exact) mass is 259 g/mol. The van der Waals surface area contributed by atoms with E-state index in [1.165, 1.54) is 32.1 Å². The Morgan fingerprint density at radius 3 is 2.61 bits per heavy atom. The van der Waals surface area contributed by atoms with Crippen molar-refractivity contribution in [2.75, 3.05) is 13.7 Å². The summed E-state index contributed by atoms with van der Waals surface area (Å²) in [7, 11) is 1.26. The predicted molar refractivity (Wildman–Crippen MR) is 62.4 cm³/mol. The van der Waals surface area contributed by atoms with Crippen molar-refractivity contribution in [2.24, 2.45) is 5.92 Å². The highest BCUT2D eigenvalue weighted by molar-refractivity contribution is 5.42. The molecule has 2 rings (SSSR count). The fourth-order valence-corrected chi connectivity index (χ4v) is 1.95. The summed E-state index contributed by atoms with van der Waals surface area (Å²) < 4.78 is 43.8. The summed E-state index contributed by atoms with van der Waals surface area (Å²) in [5.74, 6) is 0.526. The molecule has 18 heavy (non-hydrogen) atoms. The van der Waals surface area contributed by atoms with Gasteiger partial charge in [-0.2, -0.15) is 13.2 Å². The maximum absolute atomic E-state index is 13.0. The number of halogens is 3. The van der Waals surface area contributed by atoms with Crippen LogP contribution in [-0.2, 0) is 12.7 Å². The van der Waals surface area contributed by atoms with Crippen molar-refractivity contribution < 1.29 is 17.9 Å². The third-order valence-electron chi connectivity index (χ3n) is 3.06. The van der Waals surface area contributed by atoms with E-state index in [9.17, 15) is 13.2 Å². The molecule has 100 valence electrons. The summed E-state index contributed by atoms with van der Waals surface area (Å²) >= 11 is 0. The standard InChI is InChI=1S/C13H16F3NO/c1-18-11-4-2-3-10(12(11)13(14,15)16)8-17-7-9-5-6-9/h2-4,9,17H,5-8H2,1H3. The van der Waals surface area contributed by atoms with Crippen LogP contribution in [0.3, 0.4) is 0 Å². The van der Waals surface area contributed by atoms with E-state index in [1.54, 1.807) is 6.07 Å². The van der Waals surface area contributed by atoms with Crippen LogP contribution in [0.1, 0.15) is 24.0 Å². The van der Waals surface area contributed by atoms with Crippen molar-refractivity contribution in [3.8, 4) is 5.75 Å². The van der Waals surface area contributed by atoms with Crippen LogP contribution in [0.5, 0.6) is 5.75 Å². The summed E-state index contributed by atoms with van der Waals surface area (Å²) in [6.07, 6.45) is -2.03. The molecule has 1 aromatic rings. The molecule has 0 bridgehead atoms. The van der Waals surface area contributed by atoms with Crippen LogP contribution in [0.15, 0.2) is 18.2 Å². The topological polar surface area (TPSA) is 21.3 Å². The average Bonchev–Trinajstić information content (AvgIpc) is 3.11. The van der Waals surface area contributed by atoms with Gasteiger partial charge in [0.15, 0.2) is 0 Å². The Morgan fingerprint density at radius 1 is 1.33 bits per heavy atom. The fourth-order valence-electron chi connectivity index (χ4n) is 1.95. The Morgan fingerprint density at radius 2 is 2.06 bits per heavy atom. The zero-order valence-electron chi connectivity index (χ0n) is 10.2. The number of hydrogen-bond donors (Lipinski definition) is 1. The average molecular weight is 259 g/mol. The van der Waals surface area contributed by atoms with Gasteiger partial charge in [-0.1, -0.05) is 12.1 Å². The summed E-state index contributed by atoms with van der Waals surface area (Å²) in [6.45, 7) is 1.01. The zero-order chi connectivity index (χ0) is 13.2. The minimum absolute atomic E-state index is 0.117. The molecule has 1 aliphatic rings. The molecule has 2 nitrogen and oxygen atoms in total. The largest absolute Gasteiger partial charge is 0.496 e. The van der Waals surface area contributed by atoms with Gasteiger partial charge in [-0.15, -0.1) is 0 Å². The molecule has 0 radical (unpaired) electrons. The van der Waals surface area contributed by atoms with E-state index >= 15 is 0 Å². The minimum Gasteiger partial charge on any atom is -0.496 e. The van der Waals surface area contributed by atoms with E-state index < -0.39 is 11.7 Å². The normalized spacial score (nSPS) is 15.8. The molecule has 0 unspecified atom stereocenters. The second-order valence-electron chi connectivity index (χ2n) is 4.57. The number of rotatable bonds is 5. The Balaban J connectivity index is 2.15. The van der Waals surface area contributed by atoms with Crippen LogP contribution in [0, 0.1) is 5.92 Å². The highest BCUT2D eigenvalue weighted by atomic mass is 19.4. The van der Waals surface area contributed by atoms with Crippen LogP contribution in [0.2, 0.25) is 0 Å². The maximum atomic E-state index is 13.0. The van der Waals surface area contributed by atoms with Gasteiger partial charge in [-0.3, -0.25) is 0 Å². The second kappa shape index (κ2) is 5.18. The van der Waals surface area contributed by atoms with Crippen LogP contribution < -0.4 is 10.1 Å². The molecule has 1 saturated carbocycles. The Bertz CT molecular complexity index is 413. The molecule has 0 amide bonds. The molecule has 0 aliphatic heterocycles. The molecule has 0 atom stereocenters. The number of hydrogen-bond acceptors (Lipinski definition) is 2. The molecular weight excluding hydrogens is 243 g/mol. The summed E-state index contributed by atoms with van der Waals surface area (Å²) in [5, 5.41) is 3.07. The molecule has 1 fully saturated rings. The highest BCUT2D eigenvalue weighted by Gasteiger charge is 2.36. The second-order valence-corrected chi connectivity index (χ2v) is 4.57. The zero-order valence-corrected chi connectivity index (χ0v) is 10.2. The molecule has 1 N–H and O–H groups in total. The van der Waals surface area contributed by atoms with Crippen LogP contribution in [-0.4, -0.2) is 13.7 Å². The summed E-state index contributed by atoms with van der Waals surface area (Å²) in [4.78, 5) is 0. The third-order valence-corrected chi connectivity index (χ3v) is 3.06. The van der Waals surface area contributed by atoms with E-state index in [4.69, 9.17) is 4.74 Å². The van der Waals surface area contributed by atoms with Gasteiger partial charge >= 0.3 is 6.18 Å². The third kappa shape index (κ3) is 3.16. The predicted octanol–water partition coefficient (Wildman–Crippen LogP) is 3.21. The van der Waals surface area contributed by atoms with Gasteiger partial charge < -0.3 is 10.1 Å². The van der Waals surface area contributed by atoms with E-state index in [0.717, 1.165) is 6.54 Å². The lowest BCUT2D eigenvalue weighted by Crippen LogP contribution is -2.20. The Kier molecular flexibility index (Phi) is 3.80. The quantitative estimate of drug-likeness (QED) is 0.876. The first-order chi connectivity index (χ1) is 8.52. The first kappa shape index (κ1) is 13.2. The van der Waals surface area contributed by atoms with E-state index in [1.807, 2.05) is 0 Å². The van der Waals surface area contributed by atoms with Crippen LogP contribution >= 0.6 is 0 Å². The Labute approximate surface area is 104 Å². The minimum atomic E-state index is -4.39. The van der Waals surface area contributed by atoms with Gasteiger partial charge in [0.2, 0.25) is 0 Å². The van der Waals surface area contributed by atoms with E-state index in [0.29, 0.717) is 5.92 Å². The van der Waals surface area contributed by atoms with Gasteiger partial charge in [0.1, 0.15) is 11.3 Å². The molecular formula is C13H16F3NO. The van der Waals surface area contributed by atoms with Crippen molar-refractivity contribution in [1.29, 1.82) is 0 Å². The highest BCUT2D eigenvalue weighted by Crippen LogP contribution is 2.38. The van der Waals surface area contributed by atoms with Gasteiger partial charge in [-0.25, -0.2) is 0 Å². The molecule has 0 saturated heterocycles. The molecule has 0 aromatic heterocycles. The maximum Gasteiger partial charge on any atom is 0.420 e. The van der Waals surface area contributed by atoms with E-state index in [2.05, 4.69) is 5.32 Å². The molecule has 1 aromatic carbocycles. The smallest absolute Gasteiger partial charge is 0.420 e. The first-order valence-electron chi connectivity index (χ1n) is 5.96. The number of alkyl halides is 3. The van der Waals surface area contributed by atoms with Gasteiger partial charge in [0.05, 0.1) is 7.11 Å².